The van der Waals surface area contributed by atoms with Crippen LogP contribution < -0.4 is 0 Å². The number of fused-ring (bicyclic) bond motifs is 1. The fourth-order valence-corrected chi connectivity index (χ4v) is 2.70. The number of benzene rings is 2. The van der Waals surface area contributed by atoms with Gasteiger partial charge in [0.25, 0.3) is 0 Å². The highest BCUT2D eigenvalue weighted by Crippen LogP contribution is 2.31. The van der Waals surface area contributed by atoms with Gasteiger partial charge in [0.1, 0.15) is 11.3 Å². The highest BCUT2D eigenvalue weighted by molar-refractivity contribution is 6.05. The van der Waals surface area contributed by atoms with E-state index in [2.05, 4.69) is 4.74 Å². The molecule has 3 aromatic rings. The molecule has 122 valence electrons. The van der Waals surface area contributed by atoms with Crippen LogP contribution in [0.25, 0.3) is 16.5 Å². The molecule has 0 unspecified atom stereocenters. The zero-order valence-electron chi connectivity index (χ0n) is 13.1. The molecule has 24 heavy (non-hydrogen) atoms. The van der Waals surface area contributed by atoms with Crippen LogP contribution in [0.15, 0.2) is 48.7 Å². The maximum Gasteiger partial charge on any atom is 0.356 e. The van der Waals surface area contributed by atoms with Crippen LogP contribution in [-0.2, 0) is 9.47 Å². The van der Waals surface area contributed by atoms with Gasteiger partial charge in [0.15, 0.2) is 5.69 Å². The van der Waals surface area contributed by atoms with Crippen LogP contribution in [0.4, 0.5) is 0 Å². The standard InChI is InChI=1S/C18H15NO5/c1-23-17(21)15-14(20)10-19(16(15)18(22)24-2)13-9-5-7-11-6-3-4-8-12(11)13/h3-10,20H,1-2H3. The third kappa shape index (κ3) is 2.38. The molecule has 1 N–H and O–H groups in total. The number of esters is 2. The Morgan fingerprint density at radius 2 is 1.62 bits per heavy atom. The highest BCUT2D eigenvalue weighted by Gasteiger charge is 2.29. The Morgan fingerprint density at radius 1 is 0.958 bits per heavy atom. The van der Waals surface area contributed by atoms with E-state index in [1.54, 1.807) is 6.07 Å². The Bertz CT molecular complexity index is 936. The van der Waals surface area contributed by atoms with Crippen LogP contribution >= 0.6 is 0 Å². The molecule has 0 amide bonds. The average Bonchev–Trinajstić information content (AvgIpc) is 2.96. The van der Waals surface area contributed by atoms with Crippen LogP contribution in [0.2, 0.25) is 0 Å². The first-order chi connectivity index (χ1) is 11.6. The van der Waals surface area contributed by atoms with E-state index in [9.17, 15) is 14.7 Å². The quantitative estimate of drug-likeness (QED) is 0.749. The van der Waals surface area contributed by atoms with Crippen LogP contribution in [-0.4, -0.2) is 35.8 Å². The molecule has 6 heteroatoms. The van der Waals surface area contributed by atoms with Crippen molar-refractivity contribution in [2.75, 3.05) is 14.2 Å². The molecule has 0 aliphatic heterocycles. The fourth-order valence-electron chi connectivity index (χ4n) is 2.70. The molecule has 6 nitrogen and oxygen atoms in total. The van der Waals surface area contributed by atoms with Gasteiger partial charge < -0.3 is 19.1 Å². The molecule has 0 bridgehead atoms. The van der Waals surface area contributed by atoms with Gasteiger partial charge in [0, 0.05) is 5.39 Å². The van der Waals surface area contributed by atoms with Crippen molar-refractivity contribution in [3.05, 3.63) is 59.9 Å². The lowest BCUT2D eigenvalue weighted by Gasteiger charge is -2.11. The number of hydrogen-bond donors (Lipinski definition) is 1. The lowest BCUT2D eigenvalue weighted by atomic mass is 10.1. The van der Waals surface area contributed by atoms with Crippen molar-refractivity contribution >= 4 is 22.7 Å². The van der Waals surface area contributed by atoms with Gasteiger partial charge in [0.05, 0.1) is 26.1 Å². The second-order valence-corrected chi connectivity index (χ2v) is 5.09. The maximum absolute atomic E-state index is 12.2. The van der Waals surface area contributed by atoms with E-state index >= 15 is 0 Å². The number of carbonyl (C=O) groups is 2. The van der Waals surface area contributed by atoms with Gasteiger partial charge in [-0.15, -0.1) is 0 Å². The van der Waals surface area contributed by atoms with E-state index in [1.807, 2.05) is 36.4 Å². The smallest absolute Gasteiger partial charge is 0.356 e. The monoisotopic (exact) mass is 325 g/mol. The first kappa shape index (κ1) is 15.6. The van der Waals surface area contributed by atoms with E-state index in [1.165, 1.54) is 25.0 Å². The first-order valence-electron chi connectivity index (χ1n) is 7.17. The van der Waals surface area contributed by atoms with Crippen LogP contribution in [0.3, 0.4) is 0 Å². The van der Waals surface area contributed by atoms with Crippen molar-refractivity contribution in [2.24, 2.45) is 0 Å². The van der Waals surface area contributed by atoms with E-state index in [-0.39, 0.29) is 17.0 Å². The van der Waals surface area contributed by atoms with Crippen molar-refractivity contribution in [3.63, 3.8) is 0 Å². The number of ether oxygens (including phenoxy) is 2. The van der Waals surface area contributed by atoms with Gasteiger partial charge in [-0.2, -0.15) is 0 Å². The molecule has 0 saturated heterocycles. The van der Waals surface area contributed by atoms with E-state index in [4.69, 9.17) is 4.74 Å². The normalized spacial score (nSPS) is 10.6. The van der Waals surface area contributed by atoms with Crippen molar-refractivity contribution in [3.8, 4) is 11.4 Å². The number of aromatic hydroxyl groups is 1. The van der Waals surface area contributed by atoms with Crippen molar-refractivity contribution in [1.82, 2.24) is 4.57 Å². The zero-order chi connectivity index (χ0) is 17.3. The topological polar surface area (TPSA) is 77.8 Å². The largest absolute Gasteiger partial charge is 0.505 e. The SMILES string of the molecule is COC(=O)c1c(O)cn(-c2cccc3ccccc23)c1C(=O)OC. The number of methoxy groups -OCH3 is 2. The Balaban J connectivity index is 2.35. The minimum Gasteiger partial charge on any atom is -0.505 e. The Hall–Kier alpha value is -3.28. The molecule has 0 aliphatic rings. The summed E-state index contributed by atoms with van der Waals surface area (Å²) in [6.07, 6.45) is 1.31. The fraction of sp³-hybridized carbons (Fsp3) is 0.111. The summed E-state index contributed by atoms with van der Waals surface area (Å²) in [7, 11) is 2.39. The summed E-state index contributed by atoms with van der Waals surface area (Å²) in [6.45, 7) is 0. The molecule has 0 radical (unpaired) electrons. The maximum atomic E-state index is 12.2. The number of aromatic nitrogens is 1. The Morgan fingerprint density at radius 3 is 2.33 bits per heavy atom. The summed E-state index contributed by atoms with van der Waals surface area (Å²) >= 11 is 0. The molecular formula is C18H15NO5. The van der Waals surface area contributed by atoms with Crippen LogP contribution in [0.5, 0.6) is 5.75 Å². The van der Waals surface area contributed by atoms with Crippen LogP contribution in [0, 0.1) is 0 Å². The Labute approximate surface area is 137 Å². The molecule has 0 fully saturated rings. The van der Waals surface area contributed by atoms with Crippen LogP contribution in [0.1, 0.15) is 20.8 Å². The number of carbonyl (C=O) groups excluding carboxylic acids is 2. The molecule has 0 aliphatic carbocycles. The van der Waals surface area contributed by atoms with Crippen molar-refractivity contribution < 1.29 is 24.2 Å². The number of rotatable bonds is 3. The second-order valence-electron chi connectivity index (χ2n) is 5.09. The molecule has 1 aromatic heterocycles. The second kappa shape index (κ2) is 6.08. The summed E-state index contributed by atoms with van der Waals surface area (Å²) < 4.78 is 10.9. The van der Waals surface area contributed by atoms with Crippen molar-refractivity contribution in [2.45, 2.75) is 0 Å². The molecule has 0 spiro atoms. The minimum atomic E-state index is -0.813. The van der Waals surface area contributed by atoms with Crippen molar-refractivity contribution in [1.29, 1.82) is 0 Å². The first-order valence-corrected chi connectivity index (χ1v) is 7.17. The summed E-state index contributed by atoms with van der Waals surface area (Å²) in [5.74, 6) is -1.91. The summed E-state index contributed by atoms with van der Waals surface area (Å²) in [5.41, 5.74) is 0.328. The predicted molar refractivity (Wildman–Crippen MR) is 87.6 cm³/mol. The summed E-state index contributed by atoms with van der Waals surface area (Å²) in [6, 6.07) is 13.1. The van der Waals surface area contributed by atoms with Gasteiger partial charge >= 0.3 is 11.9 Å². The number of nitrogens with zero attached hydrogens (tertiary/aromatic N) is 1. The molecule has 0 saturated carbocycles. The van der Waals surface area contributed by atoms with E-state index in [0.717, 1.165) is 10.8 Å². The lowest BCUT2D eigenvalue weighted by molar-refractivity contribution is 0.0547. The third-order valence-corrected chi connectivity index (χ3v) is 3.78. The lowest BCUT2D eigenvalue weighted by Crippen LogP contribution is -2.14. The summed E-state index contributed by atoms with van der Waals surface area (Å²) in [4.78, 5) is 24.2. The number of hydrogen-bond acceptors (Lipinski definition) is 5. The highest BCUT2D eigenvalue weighted by atomic mass is 16.5. The van der Waals surface area contributed by atoms with Gasteiger partial charge in [-0.1, -0.05) is 36.4 Å². The zero-order valence-corrected chi connectivity index (χ0v) is 13.1. The average molecular weight is 325 g/mol. The van der Waals surface area contributed by atoms with Gasteiger partial charge in [0.2, 0.25) is 0 Å². The van der Waals surface area contributed by atoms with Gasteiger partial charge in [-0.3, -0.25) is 0 Å². The Kier molecular flexibility index (Phi) is 3.95. The molecule has 1 heterocycles. The molecule has 0 atom stereocenters. The third-order valence-electron chi connectivity index (χ3n) is 3.78. The summed E-state index contributed by atoms with van der Waals surface area (Å²) in [5, 5.41) is 12.0. The van der Waals surface area contributed by atoms with E-state index in [0.29, 0.717) is 5.69 Å². The molecule has 2 aromatic carbocycles. The predicted octanol–water partition coefficient (Wildman–Crippen LogP) is 2.91. The molecular weight excluding hydrogens is 310 g/mol. The molecule has 3 rings (SSSR count). The van der Waals surface area contributed by atoms with E-state index < -0.39 is 11.9 Å². The van der Waals surface area contributed by atoms with Gasteiger partial charge in [-0.05, 0) is 11.5 Å². The van der Waals surface area contributed by atoms with Gasteiger partial charge in [-0.25, -0.2) is 9.59 Å². The minimum absolute atomic E-state index is 0.0850.